The predicted octanol–water partition coefficient (Wildman–Crippen LogP) is 6.56. The van der Waals surface area contributed by atoms with Crippen LogP contribution in [0.2, 0.25) is 5.02 Å². The van der Waals surface area contributed by atoms with Crippen molar-refractivity contribution in [3.63, 3.8) is 0 Å². The summed E-state index contributed by atoms with van der Waals surface area (Å²) in [6.45, 7) is 1.31. The van der Waals surface area contributed by atoms with Crippen molar-refractivity contribution < 1.29 is 18.0 Å². The van der Waals surface area contributed by atoms with E-state index in [4.69, 9.17) is 11.6 Å². The molecule has 3 aromatic rings. The van der Waals surface area contributed by atoms with Crippen LogP contribution in [0.3, 0.4) is 0 Å². The lowest BCUT2D eigenvalue weighted by Crippen LogP contribution is -2.32. The molecule has 1 fully saturated rings. The number of fused-ring (bicyclic) bond motifs is 1. The molecule has 174 valence electrons. The first-order valence-corrected chi connectivity index (χ1v) is 11.4. The molecule has 4 rings (SSSR count). The highest BCUT2D eigenvalue weighted by Crippen LogP contribution is 2.32. The standard InChI is InChI=1S/C25H25ClF3N3O/c26-22-9-7-19(25(27,28)29)13-21(22)24(33)32-15-17-5-3-16(4-6-17)14-31-20-8-10-23-18(12-20)2-1-11-30-23/h1-2,7-13,16-17,31H,3-6,14-15H2,(H,32,33). The monoisotopic (exact) mass is 475 g/mol. The van der Waals surface area contributed by atoms with E-state index in [1.54, 1.807) is 6.20 Å². The minimum absolute atomic E-state index is 0.0137. The third-order valence-electron chi connectivity index (χ3n) is 6.25. The molecule has 0 atom stereocenters. The van der Waals surface area contributed by atoms with E-state index < -0.39 is 17.6 Å². The first-order valence-electron chi connectivity index (χ1n) is 11.0. The highest BCUT2D eigenvalue weighted by molar-refractivity contribution is 6.33. The third kappa shape index (κ3) is 5.96. The number of aromatic nitrogens is 1. The minimum Gasteiger partial charge on any atom is -0.385 e. The van der Waals surface area contributed by atoms with Crippen molar-refractivity contribution in [2.24, 2.45) is 11.8 Å². The molecule has 0 radical (unpaired) electrons. The van der Waals surface area contributed by atoms with Gasteiger partial charge in [-0.3, -0.25) is 9.78 Å². The summed E-state index contributed by atoms with van der Waals surface area (Å²) in [6.07, 6.45) is 1.26. The molecule has 8 heteroatoms. The molecular formula is C25H25ClF3N3O. The first-order chi connectivity index (χ1) is 15.8. The van der Waals surface area contributed by atoms with Crippen molar-refractivity contribution in [1.29, 1.82) is 0 Å². The Morgan fingerprint density at radius 2 is 1.73 bits per heavy atom. The van der Waals surface area contributed by atoms with Crippen molar-refractivity contribution in [1.82, 2.24) is 10.3 Å². The zero-order valence-electron chi connectivity index (χ0n) is 18.0. The lowest BCUT2D eigenvalue weighted by molar-refractivity contribution is -0.137. The molecule has 2 aromatic carbocycles. The van der Waals surface area contributed by atoms with Crippen LogP contribution in [0.1, 0.15) is 41.6 Å². The molecule has 0 bridgehead atoms. The van der Waals surface area contributed by atoms with Crippen LogP contribution in [-0.4, -0.2) is 24.0 Å². The highest BCUT2D eigenvalue weighted by Gasteiger charge is 2.31. The number of carbonyl (C=O) groups excluding carboxylic acids is 1. The van der Waals surface area contributed by atoms with Gasteiger partial charge in [0, 0.05) is 30.4 Å². The predicted molar refractivity (Wildman–Crippen MR) is 124 cm³/mol. The number of hydrogen-bond donors (Lipinski definition) is 2. The van der Waals surface area contributed by atoms with Crippen molar-refractivity contribution in [2.45, 2.75) is 31.9 Å². The second-order valence-corrected chi connectivity index (χ2v) is 8.99. The van der Waals surface area contributed by atoms with Gasteiger partial charge in [0.25, 0.3) is 5.91 Å². The van der Waals surface area contributed by atoms with Gasteiger partial charge in [-0.2, -0.15) is 13.2 Å². The molecule has 1 heterocycles. The van der Waals surface area contributed by atoms with Crippen LogP contribution >= 0.6 is 11.6 Å². The van der Waals surface area contributed by atoms with Gasteiger partial charge in [0.2, 0.25) is 0 Å². The number of nitrogens with one attached hydrogen (secondary N) is 2. The minimum atomic E-state index is -4.52. The molecule has 0 aliphatic heterocycles. The number of pyridine rings is 1. The summed E-state index contributed by atoms with van der Waals surface area (Å²) in [4.78, 5) is 16.8. The molecule has 4 nitrogen and oxygen atoms in total. The Morgan fingerprint density at radius 3 is 2.45 bits per heavy atom. The van der Waals surface area contributed by atoms with Gasteiger partial charge in [-0.25, -0.2) is 0 Å². The van der Waals surface area contributed by atoms with Gasteiger partial charge < -0.3 is 10.6 Å². The van der Waals surface area contributed by atoms with Crippen molar-refractivity contribution in [2.75, 3.05) is 18.4 Å². The molecule has 0 unspecified atom stereocenters. The molecule has 1 aliphatic carbocycles. The maximum Gasteiger partial charge on any atom is 0.416 e. The summed E-state index contributed by atoms with van der Waals surface area (Å²) < 4.78 is 38.8. The van der Waals surface area contributed by atoms with Gasteiger partial charge in [-0.15, -0.1) is 0 Å². The van der Waals surface area contributed by atoms with E-state index in [2.05, 4.69) is 21.7 Å². The molecule has 1 aliphatic rings. The topological polar surface area (TPSA) is 54.0 Å². The number of alkyl halides is 3. The number of amides is 1. The second-order valence-electron chi connectivity index (χ2n) is 8.58. The van der Waals surface area contributed by atoms with Crippen LogP contribution in [0.15, 0.2) is 54.7 Å². The number of anilines is 1. The smallest absolute Gasteiger partial charge is 0.385 e. The van der Waals surface area contributed by atoms with Crippen LogP contribution in [0.5, 0.6) is 0 Å². The van der Waals surface area contributed by atoms with Crippen LogP contribution in [0.4, 0.5) is 18.9 Å². The van der Waals surface area contributed by atoms with Crippen molar-refractivity contribution in [3.8, 4) is 0 Å². The summed E-state index contributed by atoms with van der Waals surface area (Å²) in [5, 5.41) is 7.39. The summed E-state index contributed by atoms with van der Waals surface area (Å²) in [7, 11) is 0. The Kier molecular flexibility index (Phi) is 7.08. The Bertz CT molecular complexity index is 1130. The van der Waals surface area contributed by atoms with Gasteiger partial charge in [-0.05, 0) is 80.0 Å². The van der Waals surface area contributed by atoms with E-state index in [-0.39, 0.29) is 10.6 Å². The second kappa shape index (κ2) is 10.00. The van der Waals surface area contributed by atoms with E-state index >= 15 is 0 Å². The van der Waals surface area contributed by atoms with Crippen molar-refractivity contribution >= 4 is 34.1 Å². The number of hydrogen-bond acceptors (Lipinski definition) is 3. The van der Waals surface area contributed by atoms with Gasteiger partial charge >= 0.3 is 6.18 Å². The van der Waals surface area contributed by atoms with Gasteiger partial charge in [0.05, 0.1) is 21.7 Å². The summed E-state index contributed by atoms with van der Waals surface area (Å²) >= 11 is 5.96. The zero-order valence-corrected chi connectivity index (χ0v) is 18.7. The molecule has 0 saturated heterocycles. The van der Waals surface area contributed by atoms with E-state index in [1.807, 2.05) is 24.3 Å². The molecule has 33 heavy (non-hydrogen) atoms. The lowest BCUT2D eigenvalue weighted by Gasteiger charge is -2.29. The normalized spacial score (nSPS) is 18.8. The number of benzene rings is 2. The molecule has 1 saturated carbocycles. The van der Waals surface area contributed by atoms with E-state index in [1.165, 1.54) is 0 Å². The fraction of sp³-hybridized carbons (Fsp3) is 0.360. The summed E-state index contributed by atoms with van der Waals surface area (Å²) in [5.41, 5.74) is 1.02. The number of rotatable bonds is 6. The SMILES string of the molecule is O=C(NCC1CCC(CNc2ccc3ncccc3c2)CC1)c1cc(C(F)(F)F)ccc1Cl. The molecule has 2 N–H and O–H groups in total. The van der Waals surface area contributed by atoms with E-state index in [0.29, 0.717) is 18.4 Å². The Labute approximate surface area is 195 Å². The van der Waals surface area contributed by atoms with Crippen LogP contribution in [0, 0.1) is 11.8 Å². The number of carbonyl (C=O) groups is 1. The molecular weight excluding hydrogens is 451 g/mol. The number of nitrogens with zero attached hydrogens (tertiary/aromatic N) is 1. The van der Waals surface area contributed by atoms with Crippen LogP contribution in [-0.2, 0) is 6.18 Å². The van der Waals surface area contributed by atoms with Gasteiger partial charge in [0.15, 0.2) is 0 Å². The molecule has 0 spiro atoms. The fourth-order valence-corrected chi connectivity index (χ4v) is 4.50. The average Bonchev–Trinajstić information content (AvgIpc) is 2.81. The van der Waals surface area contributed by atoms with E-state index in [0.717, 1.165) is 67.0 Å². The van der Waals surface area contributed by atoms with E-state index in [9.17, 15) is 18.0 Å². The van der Waals surface area contributed by atoms with Gasteiger partial charge in [0.1, 0.15) is 0 Å². The lowest BCUT2D eigenvalue weighted by atomic mass is 9.82. The molecule has 1 aromatic heterocycles. The van der Waals surface area contributed by atoms with Crippen LogP contribution < -0.4 is 10.6 Å². The average molecular weight is 476 g/mol. The van der Waals surface area contributed by atoms with Gasteiger partial charge in [-0.1, -0.05) is 17.7 Å². The first kappa shape index (κ1) is 23.4. The largest absolute Gasteiger partial charge is 0.416 e. The van der Waals surface area contributed by atoms with Crippen molar-refractivity contribution in [3.05, 3.63) is 70.9 Å². The number of halogens is 4. The Balaban J connectivity index is 1.23. The maximum atomic E-state index is 12.9. The Hall–Kier alpha value is -2.80. The molecule has 1 amide bonds. The highest BCUT2D eigenvalue weighted by atomic mass is 35.5. The maximum absolute atomic E-state index is 12.9. The summed E-state index contributed by atoms with van der Waals surface area (Å²) in [6, 6.07) is 12.9. The summed E-state index contributed by atoms with van der Waals surface area (Å²) in [5.74, 6) is 0.279. The van der Waals surface area contributed by atoms with Crippen LogP contribution in [0.25, 0.3) is 10.9 Å². The fourth-order valence-electron chi connectivity index (χ4n) is 4.30. The Morgan fingerprint density at radius 1 is 1.00 bits per heavy atom. The third-order valence-corrected chi connectivity index (χ3v) is 6.58. The quantitative estimate of drug-likeness (QED) is 0.424. The zero-order chi connectivity index (χ0) is 23.4.